The molecule has 0 unspecified atom stereocenters. The Kier molecular flexibility index (Phi) is 7.16. The van der Waals surface area contributed by atoms with Crippen molar-refractivity contribution in [1.82, 2.24) is 9.66 Å². The summed E-state index contributed by atoms with van der Waals surface area (Å²) >= 11 is 15.5. The highest BCUT2D eigenvalue weighted by Gasteiger charge is 2.12. The monoisotopic (exact) mass is 560 g/mol. The molecule has 1 aromatic heterocycles. The summed E-state index contributed by atoms with van der Waals surface area (Å²) in [5.41, 5.74) is 0.281. The lowest BCUT2D eigenvalue weighted by molar-refractivity contribution is -0.118. The Morgan fingerprint density at radius 3 is 2.59 bits per heavy atom. The largest absolute Gasteiger partial charge is 0.481 e. The molecule has 8 nitrogen and oxygen atoms in total. The summed E-state index contributed by atoms with van der Waals surface area (Å²) in [6.45, 7) is -0.282. The molecule has 2 N–H and O–H groups in total. The van der Waals surface area contributed by atoms with Crippen LogP contribution in [0.1, 0.15) is 5.56 Å². The van der Waals surface area contributed by atoms with Crippen molar-refractivity contribution < 1.29 is 9.53 Å². The Labute approximate surface area is 210 Å². The van der Waals surface area contributed by atoms with Crippen molar-refractivity contribution in [2.75, 3.05) is 11.9 Å². The fourth-order valence-electron chi connectivity index (χ4n) is 3.04. The van der Waals surface area contributed by atoms with E-state index in [-0.39, 0.29) is 23.3 Å². The van der Waals surface area contributed by atoms with Gasteiger partial charge in [-0.3, -0.25) is 9.59 Å². The van der Waals surface area contributed by atoms with E-state index in [4.69, 9.17) is 27.9 Å². The normalized spacial score (nSPS) is 11.1. The number of hydrogen-bond acceptors (Lipinski definition) is 5. The van der Waals surface area contributed by atoms with E-state index in [1.165, 1.54) is 12.3 Å². The minimum Gasteiger partial charge on any atom is -0.481 e. The summed E-state index contributed by atoms with van der Waals surface area (Å²) in [6.07, 6.45) is 1.32. The van der Waals surface area contributed by atoms with Gasteiger partial charge in [0.05, 0.1) is 26.6 Å². The first-order valence-corrected chi connectivity index (χ1v) is 11.3. The van der Waals surface area contributed by atoms with Gasteiger partial charge in [-0.25, -0.2) is 4.79 Å². The van der Waals surface area contributed by atoms with Gasteiger partial charge in [0.2, 0.25) is 0 Å². The molecular weight excluding hydrogens is 547 g/mol. The van der Waals surface area contributed by atoms with Gasteiger partial charge in [-0.05, 0) is 70.0 Å². The van der Waals surface area contributed by atoms with E-state index in [0.29, 0.717) is 31.6 Å². The number of amides is 1. The summed E-state index contributed by atoms with van der Waals surface area (Å²) in [5.74, 6) is -0.128. The van der Waals surface area contributed by atoms with Crippen LogP contribution in [0.3, 0.4) is 0 Å². The Bertz CT molecular complexity index is 1510. The SMILES string of the molecule is O=C(COc1c(Cl)cc(C=Nn2c(=O)[nH]c3ccccc3c2=O)cc1Br)Nc1ccc(Cl)cc1. The van der Waals surface area contributed by atoms with Crippen LogP contribution >= 0.6 is 39.1 Å². The van der Waals surface area contributed by atoms with Crippen molar-refractivity contribution in [3.05, 3.63) is 102 Å². The van der Waals surface area contributed by atoms with Crippen LogP contribution < -0.4 is 21.3 Å². The van der Waals surface area contributed by atoms with Crippen molar-refractivity contribution in [1.29, 1.82) is 0 Å². The van der Waals surface area contributed by atoms with Gasteiger partial charge in [0.15, 0.2) is 12.4 Å². The standard InChI is InChI=1S/C23H15BrCl2N4O4/c24-17-9-13(11-27-30-22(32)16-3-1-2-4-19(16)29-23(30)33)10-18(26)21(17)34-12-20(31)28-15-7-5-14(25)6-8-15/h1-11H,12H2,(H,28,31)(H,29,33). The van der Waals surface area contributed by atoms with E-state index in [1.807, 2.05) is 0 Å². The van der Waals surface area contributed by atoms with Crippen molar-refractivity contribution >= 4 is 67.8 Å². The summed E-state index contributed by atoms with van der Waals surface area (Å²) < 4.78 is 6.75. The van der Waals surface area contributed by atoms with Crippen LogP contribution in [0.4, 0.5) is 5.69 Å². The van der Waals surface area contributed by atoms with Gasteiger partial charge in [0, 0.05) is 10.7 Å². The van der Waals surface area contributed by atoms with Gasteiger partial charge >= 0.3 is 5.69 Å². The van der Waals surface area contributed by atoms with Crippen LogP contribution in [-0.4, -0.2) is 28.4 Å². The number of H-pyrrole nitrogens is 1. The van der Waals surface area contributed by atoms with Crippen LogP contribution in [0.25, 0.3) is 10.9 Å². The second kappa shape index (κ2) is 10.3. The maximum atomic E-state index is 12.6. The number of nitrogens with zero attached hydrogens (tertiary/aromatic N) is 2. The minimum atomic E-state index is -0.670. The predicted octanol–water partition coefficient (Wildman–Crippen LogP) is 4.66. The van der Waals surface area contributed by atoms with Crippen LogP contribution in [0, 0.1) is 0 Å². The van der Waals surface area contributed by atoms with Crippen molar-refractivity contribution in [2.45, 2.75) is 0 Å². The number of aromatic amines is 1. The quantitative estimate of drug-likeness (QED) is 0.334. The molecule has 0 aliphatic rings. The summed E-state index contributed by atoms with van der Waals surface area (Å²) in [7, 11) is 0. The van der Waals surface area contributed by atoms with Crippen molar-refractivity contribution in [3.8, 4) is 5.75 Å². The number of halogens is 3. The van der Waals surface area contributed by atoms with Gasteiger partial charge < -0.3 is 15.0 Å². The Balaban J connectivity index is 1.49. The first-order valence-electron chi connectivity index (χ1n) is 9.77. The Hall–Kier alpha value is -3.40. The first-order chi connectivity index (χ1) is 16.3. The Morgan fingerprint density at radius 2 is 1.85 bits per heavy atom. The second-order valence-electron chi connectivity index (χ2n) is 6.99. The molecule has 11 heteroatoms. The van der Waals surface area contributed by atoms with Crippen LogP contribution in [0.5, 0.6) is 5.75 Å². The van der Waals surface area contributed by atoms with E-state index in [1.54, 1.807) is 54.6 Å². The van der Waals surface area contributed by atoms with Gasteiger partial charge in [-0.1, -0.05) is 35.3 Å². The van der Waals surface area contributed by atoms with E-state index in [0.717, 1.165) is 4.68 Å². The van der Waals surface area contributed by atoms with E-state index >= 15 is 0 Å². The third-order valence-electron chi connectivity index (χ3n) is 4.60. The molecule has 3 aromatic carbocycles. The minimum absolute atomic E-state index is 0.204. The first kappa shape index (κ1) is 23.7. The molecule has 0 radical (unpaired) electrons. The molecule has 4 rings (SSSR count). The molecule has 34 heavy (non-hydrogen) atoms. The topological polar surface area (TPSA) is 106 Å². The maximum absolute atomic E-state index is 12.6. The molecule has 0 spiro atoms. The second-order valence-corrected chi connectivity index (χ2v) is 8.69. The van der Waals surface area contributed by atoms with E-state index in [2.05, 4.69) is 31.3 Å². The number of benzene rings is 3. The zero-order chi connectivity index (χ0) is 24.2. The molecule has 0 fully saturated rings. The number of anilines is 1. The third kappa shape index (κ3) is 5.39. The Morgan fingerprint density at radius 1 is 1.12 bits per heavy atom. The van der Waals surface area contributed by atoms with Crippen molar-refractivity contribution in [2.24, 2.45) is 5.10 Å². The molecule has 4 aromatic rings. The number of carbonyl (C=O) groups excluding carboxylic acids is 1. The molecule has 0 saturated heterocycles. The highest BCUT2D eigenvalue weighted by Crippen LogP contribution is 2.34. The molecule has 0 aliphatic carbocycles. The molecule has 0 bridgehead atoms. The van der Waals surface area contributed by atoms with Gasteiger partial charge in [0.25, 0.3) is 11.5 Å². The summed E-state index contributed by atoms with van der Waals surface area (Å²) in [5, 5.41) is 7.79. The number of carbonyl (C=O) groups is 1. The number of para-hydroxylation sites is 1. The lowest BCUT2D eigenvalue weighted by atomic mass is 10.2. The molecule has 0 atom stereocenters. The van der Waals surface area contributed by atoms with Crippen LogP contribution in [0.2, 0.25) is 10.0 Å². The van der Waals surface area contributed by atoms with Gasteiger partial charge in [0.1, 0.15) is 0 Å². The van der Waals surface area contributed by atoms with Crippen molar-refractivity contribution in [3.63, 3.8) is 0 Å². The molecule has 172 valence electrons. The van der Waals surface area contributed by atoms with Crippen LogP contribution in [-0.2, 0) is 4.79 Å². The number of hydrogen-bond donors (Lipinski definition) is 2. The number of aromatic nitrogens is 2. The van der Waals surface area contributed by atoms with E-state index < -0.39 is 11.2 Å². The fraction of sp³-hybridized carbons (Fsp3) is 0.0435. The number of nitrogens with one attached hydrogen (secondary N) is 2. The lowest BCUT2D eigenvalue weighted by Crippen LogP contribution is -2.32. The molecule has 1 amide bonds. The molecular formula is C23H15BrCl2N4O4. The number of fused-ring (bicyclic) bond motifs is 1. The molecule has 1 heterocycles. The molecule has 0 saturated carbocycles. The number of ether oxygens (including phenoxy) is 1. The average molecular weight is 562 g/mol. The number of rotatable bonds is 6. The molecule has 0 aliphatic heterocycles. The lowest BCUT2D eigenvalue weighted by Gasteiger charge is -2.11. The fourth-order valence-corrected chi connectivity index (χ4v) is 4.16. The maximum Gasteiger partial charge on any atom is 0.349 e. The zero-order valence-corrected chi connectivity index (χ0v) is 20.3. The summed E-state index contributed by atoms with van der Waals surface area (Å²) in [6, 6.07) is 16.5. The van der Waals surface area contributed by atoms with Gasteiger partial charge in [-0.15, -0.1) is 4.68 Å². The van der Waals surface area contributed by atoms with Crippen LogP contribution in [0.15, 0.2) is 79.8 Å². The highest BCUT2D eigenvalue weighted by molar-refractivity contribution is 9.10. The average Bonchev–Trinajstić information content (AvgIpc) is 2.80. The zero-order valence-electron chi connectivity index (χ0n) is 17.2. The van der Waals surface area contributed by atoms with Gasteiger partial charge in [-0.2, -0.15) is 5.10 Å². The predicted molar refractivity (Wildman–Crippen MR) is 137 cm³/mol. The third-order valence-corrected chi connectivity index (χ3v) is 5.72. The highest BCUT2D eigenvalue weighted by atomic mass is 79.9. The van der Waals surface area contributed by atoms with E-state index in [9.17, 15) is 14.4 Å². The smallest absolute Gasteiger partial charge is 0.349 e. The summed E-state index contributed by atoms with van der Waals surface area (Å²) in [4.78, 5) is 39.6.